The first-order valence-corrected chi connectivity index (χ1v) is 5.53. The summed E-state index contributed by atoms with van der Waals surface area (Å²) in [5.41, 5.74) is 6.06. The summed E-state index contributed by atoms with van der Waals surface area (Å²) in [5.74, 6) is 0. The molecule has 0 fully saturated rings. The molecular formula is C16H16. The number of allylic oxidation sites excluding steroid dienone is 5. The van der Waals surface area contributed by atoms with Crippen LogP contribution in [-0.2, 0) is 6.42 Å². The lowest BCUT2D eigenvalue weighted by Gasteiger charge is -2.09. The van der Waals surface area contributed by atoms with E-state index in [4.69, 9.17) is 0 Å². The van der Waals surface area contributed by atoms with E-state index >= 15 is 0 Å². The van der Waals surface area contributed by atoms with E-state index in [0.717, 1.165) is 24.0 Å². The van der Waals surface area contributed by atoms with Crippen molar-refractivity contribution in [1.82, 2.24) is 0 Å². The van der Waals surface area contributed by atoms with Gasteiger partial charge in [0.15, 0.2) is 0 Å². The highest BCUT2D eigenvalue weighted by Gasteiger charge is 2.15. The highest BCUT2D eigenvalue weighted by molar-refractivity contribution is 5.83. The van der Waals surface area contributed by atoms with Crippen LogP contribution < -0.4 is 0 Å². The van der Waals surface area contributed by atoms with Crippen molar-refractivity contribution >= 4 is 5.57 Å². The van der Waals surface area contributed by atoms with E-state index in [2.05, 4.69) is 44.0 Å². The molecule has 0 radical (unpaired) electrons. The predicted molar refractivity (Wildman–Crippen MR) is 71.2 cm³/mol. The van der Waals surface area contributed by atoms with Crippen molar-refractivity contribution in [1.29, 1.82) is 0 Å². The molecule has 16 heavy (non-hydrogen) atoms. The Morgan fingerprint density at radius 2 is 1.75 bits per heavy atom. The Hall–Kier alpha value is -1.82. The summed E-state index contributed by atoms with van der Waals surface area (Å²) in [6.45, 7) is 11.9. The molecular weight excluding hydrogens is 192 g/mol. The van der Waals surface area contributed by atoms with Gasteiger partial charge in [0.1, 0.15) is 0 Å². The van der Waals surface area contributed by atoms with Crippen molar-refractivity contribution in [3.63, 3.8) is 0 Å². The number of aryl methyl sites for hydroxylation is 1. The summed E-state index contributed by atoms with van der Waals surface area (Å²) in [6.07, 6.45) is 5.88. The maximum absolute atomic E-state index is 4.19. The molecule has 0 nitrogen and oxygen atoms in total. The lowest BCUT2D eigenvalue weighted by atomic mass is 9.95. The fourth-order valence-corrected chi connectivity index (χ4v) is 2.24. The quantitative estimate of drug-likeness (QED) is 0.679. The van der Waals surface area contributed by atoms with Crippen molar-refractivity contribution in [2.24, 2.45) is 0 Å². The summed E-state index contributed by atoms with van der Waals surface area (Å²) in [7, 11) is 0. The monoisotopic (exact) mass is 208 g/mol. The van der Waals surface area contributed by atoms with Gasteiger partial charge in [-0.25, -0.2) is 0 Å². The molecule has 80 valence electrons. The first-order chi connectivity index (χ1) is 7.77. The van der Waals surface area contributed by atoms with Gasteiger partial charge in [0.05, 0.1) is 0 Å². The van der Waals surface area contributed by atoms with E-state index in [9.17, 15) is 0 Å². The average molecular weight is 208 g/mol. The van der Waals surface area contributed by atoms with Crippen LogP contribution in [0.25, 0.3) is 5.57 Å². The van der Waals surface area contributed by atoms with E-state index in [1.54, 1.807) is 0 Å². The van der Waals surface area contributed by atoms with Crippen LogP contribution in [0.15, 0.2) is 67.3 Å². The topological polar surface area (TPSA) is 0 Å². The Balaban J connectivity index is 2.60. The van der Waals surface area contributed by atoms with Crippen molar-refractivity contribution < 1.29 is 0 Å². The minimum atomic E-state index is 1.01. The zero-order valence-corrected chi connectivity index (χ0v) is 9.50. The van der Waals surface area contributed by atoms with E-state index in [1.807, 2.05) is 12.2 Å². The first kappa shape index (κ1) is 10.7. The molecule has 0 bridgehead atoms. The minimum Gasteiger partial charge on any atom is -0.0988 e. The minimum absolute atomic E-state index is 1.01. The Labute approximate surface area is 97.3 Å². The van der Waals surface area contributed by atoms with Gasteiger partial charge in [0.25, 0.3) is 0 Å². The molecule has 0 unspecified atom stereocenters. The number of hydrogen-bond acceptors (Lipinski definition) is 0. The number of benzene rings is 1. The summed E-state index contributed by atoms with van der Waals surface area (Å²) < 4.78 is 0. The third-order valence-electron chi connectivity index (χ3n) is 3.13. The molecule has 1 aliphatic carbocycles. The molecule has 1 aromatic rings. The van der Waals surface area contributed by atoms with Gasteiger partial charge < -0.3 is 0 Å². The smallest absolute Gasteiger partial charge is 0.0152 e. The predicted octanol–water partition coefficient (Wildman–Crippen LogP) is 4.31. The SMILES string of the molecule is C=CC1=C(C=C)C(=C)c2ccccc2CC1. The summed E-state index contributed by atoms with van der Waals surface area (Å²) in [4.78, 5) is 0. The zero-order valence-electron chi connectivity index (χ0n) is 9.50. The number of rotatable bonds is 2. The van der Waals surface area contributed by atoms with Crippen LogP contribution in [0.3, 0.4) is 0 Å². The normalized spacial score (nSPS) is 15.4. The van der Waals surface area contributed by atoms with Crippen LogP contribution in [0.1, 0.15) is 17.5 Å². The van der Waals surface area contributed by atoms with Crippen molar-refractivity contribution in [3.05, 3.63) is 78.4 Å². The van der Waals surface area contributed by atoms with E-state index in [-0.39, 0.29) is 0 Å². The van der Waals surface area contributed by atoms with Gasteiger partial charge >= 0.3 is 0 Å². The van der Waals surface area contributed by atoms with Crippen LogP contribution in [0.5, 0.6) is 0 Å². The van der Waals surface area contributed by atoms with E-state index < -0.39 is 0 Å². The molecule has 0 aliphatic heterocycles. The molecule has 0 saturated heterocycles. The molecule has 0 spiro atoms. The van der Waals surface area contributed by atoms with Crippen LogP contribution in [0.4, 0.5) is 0 Å². The second kappa shape index (κ2) is 4.36. The van der Waals surface area contributed by atoms with Crippen molar-refractivity contribution in [2.45, 2.75) is 12.8 Å². The second-order valence-electron chi connectivity index (χ2n) is 3.98. The van der Waals surface area contributed by atoms with Crippen LogP contribution in [-0.4, -0.2) is 0 Å². The molecule has 1 aromatic carbocycles. The third-order valence-corrected chi connectivity index (χ3v) is 3.13. The molecule has 0 amide bonds. The first-order valence-electron chi connectivity index (χ1n) is 5.53. The largest absolute Gasteiger partial charge is 0.0988 e. The molecule has 0 atom stereocenters. The van der Waals surface area contributed by atoms with Crippen LogP contribution in [0, 0.1) is 0 Å². The zero-order chi connectivity index (χ0) is 11.5. The molecule has 0 saturated carbocycles. The summed E-state index contributed by atoms with van der Waals surface area (Å²) >= 11 is 0. The van der Waals surface area contributed by atoms with Crippen molar-refractivity contribution in [3.8, 4) is 0 Å². The molecule has 0 aromatic heterocycles. The number of hydrogen-bond donors (Lipinski definition) is 0. The molecule has 0 heterocycles. The van der Waals surface area contributed by atoms with Gasteiger partial charge in [-0.1, -0.05) is 56.2 Å². The Morgan fingerprint density at radius 1 is 1.00 bits per heavy atom. The van der Waals surface area contributed by atoms with Crippen LogP contribution >= 0.6 is 0 Å². The van der Waals surface area contributed by atoms with Gasteiger partial charge in [-0.15, -0.1) is 0 Å². The second-order valence-corrected chi connectivity index (χ2v) is 3.98. The van der Waals surface area contributed by atoms with Gasteiger partial charge in [-0.3, -0.25) is 0 Å². The maximum Gasteiger partial charge on any atom is -0.0152 e. The van der Waals surface area contributed by atoms with E-state index in [1.165, 1.54) is 16.7 Å². The lowest BCUT2D eigenvalue weighted by molar-refractivity contribution is 0.968. The number of fused-ring (bicyclic) bond motifs is 1. The molecule has 2 rings (SSSR count). The summed E-state index contributed by atoms with van der Waals surface area (Å²) in [6, 6.07) is 8.45. The lowest BCUT2D eigenvalue weighted by Crippen LogP contribution is -1.89. The molecule has 1 aliphatic rings. The highest BCUT2D eigenvalue weighted by Crippen LogP contribution is 2.33. The fraction of sp³-hybridized carbons (Fsp3) is 0.125. The molecule has 0 N–H and O–H groups in total. The average Bonchev–Trinajstić information content (AvgIpc) is 2.46. The van der Waals surface area contributed by atoms with E-state index in [0.29, 0.717) is 0 Å². The Morgan fingerprint density at radius 3 is 2.44 bits per heavy atom. The maximum atomic E-state index is 4.19. The Bertz CT molecular complexity index is 487. The fourth-order valence-electron chi connectivity index (χ4n) is 2.24. The van der Waals surface area contributed by atoms with Gasteiger partial charge in [0, 0.05) is 0 Å². The molecule has 0 heteroatoms. The Kier molecular flexibility index (Phi) is 2.91. The van der Waals surface area contributed by atoms with Crippen LogP contribution in [0.2, 0.25) is 0 Å². The summed E-state index contributed by atoms with van der Waals surface area (Å²) in [5, 5.41) is 0. The van der Waals surface area contributed by atoms with Gasteiger partial charge in [-0.05, 0) is 40.7 Å². The van der Waals surface area contributed by atoms with Gasteiger partial charge in [-0.2, -0.15) is 0 Å². The third kappa shape index (κ3) is 1.67. The van der Waals surface area contributed by atoms with Gasteiger partial charge in [0.2, 0.25) is 0 Å². The van der Waals surface area contributed by atoms with Crippen molar-refractivity contribution in [2.75, 3.05) is 0 Å². The standard InChI is InChI=1S/C16H16/c1-4-13-10-11-14-8-6-7-9-16(14)12(3)15(13)5-2/h4-9H,1-3,10-11H2. The highest BCUT2D eigenvalue weighted by atomic mass is 14.2.